The van der Waals surface area contributed by atoms with Gasteiger partial charge in [0.15, 0.2) is 0 Å². The molecule has 146 valence electrons. The SMILES string of the molecule is C#CC1CCOC1COC(Cc1ccncc1)(C(=O)OCC)C(=O)OCC. The summed E-state index contributed by atoms with van der Waals surface area (Å²) in [6, 6.07) is 3.40. The van der Waals surface area contributed by atoms with Gasteiger partial charge in [0.25, 0.3) is 5.60 Å². The van der Waals surface area contributed by atoms with Gasteiger partial charge in [-0.05, 0) is 38.0 Å². The van der Waals surface area contributed by atoms with E-state index in [1.54, 1.807) is 38.4 Å². The Morgan fingerprint density at radius 3 is 2.44 bits per heavy atom. The number of ether oxygens (including phenoxy) is 4. The van der Waals surface area contributed by atoms with E-state index in [0.29, 0.717) is 18.6 Å². The van der Waals surface area contributed by atoms with Gasteiger partial charge in [-0.1, -0.05) is 0 Å². The summed E-state index contributed by atoms with van der Waals surface area (Å²) in [7, 11) is 0. The number of carbonyl (C=O) groups excluding carboxylic acids is 2. The van der Waals surface area contributed by atoms with Crippen LogP contribution in [0.2, 0.25) is 0 Å². The molecule has 0 spiro atoms. The Labute approximate surface area is 159 Å². The average molecular weight is 375 g/mol. The normalized spacial score (nSPS) is 19.3. The quantitative estimate of drug-likeness (QED) is 0.368. The van der Waals surface area contributed by atoms with Crippen molar-refractivity contribution in [2.45, 2.75) is 38.4 Å². The molecule has 0 amide bonds. The molecular formula is C20H25NO6. The van der Waals surface area contributed by atoms with Crippen molar-refractivity contribution in [1.82, 2.24) is 4.98 Å². The van der Waals surface area contributed by atoms with Crippen LogP contribution in [0.3, 0.4) is 0 Å². The van der Waals surface area contributed by atoms with Crippen LogP contribution in [0, 0.1) is 18.3 Å². The molecule has 2 unspecified atom stereocenters. The molecule has 1 aromatic heterocycles. The second-order valence-corrected chi connectivity index (χ2v) is 6.08. The van der Waals surface area contributed by atoms with Crippen LogP contribution in [0.15, 0.2) is 24.5 Å². The number of hydrogen-bond acceptors (Lipinski definition) is 7. The van der Waals surface area contributed by atoms with Crippen LogP contribution < -0.4 is 0 Å². The van der Waals surface area contributed by atoms with Crippen molar-refractivity contribution >= 4 is 11.9 Å². The Morgan fingerprint density at radius 1 is 1.26 bits per heavy atom. The maximum Gasteiger partial charge on any atom is 0.350 e. The summed E-state index contributed by atoms with van der Waals surface area (Å²) < 4.78 is 21.8. The Hall–Kier alpha value is -2.43. The summed E-state index contributed by atoms with van der Waals surface area (Å²) in [6.07, 6.45) is 8.95. The molecule has 2 heterocycles. The highest BCUT2D eigenvalue weighted by Crippen LogP contribution is 2.27. The highest BCUT2D eigenvalue weighted by atomic mass is 16.6. The maximum atomic E-state index is 12.8. The zero-order valence-electron chi connectivity index (χ0n) is 15.7. The van der Waals surface area contributed by atoms with Gasteiger partial charge in [-0.2, -0.15) is 0 Å². The monoisotopic (exact) mass is 375 g/mol. The van der Waals surface area contributed by atoms with Crippen LogP contribution in [0.5, 0.6) is 0 Å². The first-order chi connectivity index (χ1) is 13.1. The average Bonchev–Trinajstić information content (AvgIpc) is 3.14. The molecule has 1 aromatic rings. The van der Waals surface area contributed by atoms with Gasteiger partial charge in [0, 0.05) is 25.4 Å². The third-order valence-corrected chi connectivity index (χ3v) is 4.33. The van der Waals surface area contributed by atoms with Crippen molar-refractivity contribution in [3.8, 4) is 12.3 Å². The molecule has 0 saturated carbocycles. The summed E-state index contributed by atoms with van der Waals surface area (Å²) >= 11 is 0. The van der Waals surface area contributed by atoms with Crippen molar-refractivity contribution in [2.24, 2.45) is 5.92 Å². The lowest BCUT2D eigenvalue weighted by molar-refractivity contribution is -0.194. The Bertz CT molecular complexity index is 651. The third kappa shape index (κ3) is 5.06. The van der Waals surface area contributed by atoms with Crippen LogP contribution in [-0.2, 0) is 35.0 Å². The van der Waals surface area contributed by atoms with E-state index in [0.717, 1.165) is 0 Å². The predicted molar refractivity (Wildman–Crippen MR) is 96.6 cm³/mol. The van der Waals surface area contributed by atoms with Crippen molar-refractivity contribution < 1.29 is 28.5 Å². The van der Waals surface area contributed by atoms with Crippen molar-refractivity contribution in [3.63, 3.8) is 0 Å². The molecule has 1 aliphatic heterocycles. The molecular weight excluding hydrogens is 350 g/mol. The zero-order chi connectivity index (χ0) is 19.7. The lowest BCUT2D eigenvalue weighted by Gasteiger charge is -2.30. The molecule has 1 fully saturated rings. The highest BCUT2D eigenvalue weighted by Gasteiger charge is 2.51. The molecule has 0 radical (unpaired) electrons. The number of aromatic nitrogens is 1. The number of terminal acetylenes is 1. The van der Waals surface area contributed by atoms with E-state index in [9.17, 15) is 9.59 Å². The van der Waals surface area contributed by atoms with Gasteiger partial charge in [-0.25, -0.2) is 9.59 Å². The molecule has 0 aliphatic carbocycles. The van der Waals surface area contributed by atoms with Crippen molar-refractivity contribution in [2.75, 3.05) is 26.4 Å². The molecule has 0 bridgehead atoms. The minimum absolute atomic E-state index is 0.0163. The van der Waals surface area contributed by atoms with E-state index in [1.165, 1.54) is 0 Å². The first kappa shape index (κ1) is 20.9. The van der Waals surface area contributed by atoms with E-state index in [4.69, 9.17) is 25.4 Å². The topological polar surface area (TPSA) is 84.0 Å². The van der Waals surface area contributed by atoms with E-state index in [1.807, 2.05) is 0 Å². The predicted octanol–water partition coefficient (Wildman–Crippen LogP) is 1.54. The first-order valence-electron chi connectivity index (χ1n) is 9.02. The third-order valence-electron chi connectivity index (χ3n) is 4.33. The standard InChI is InChI=1S/C20H25NO6/c1-4-16-9-12-26-17(16)14-27-20(18(22)24-5-2,19(23)25-6-3)13-15-7-10-21-11-8-15/h1,7-8,10-11,16-17H,5-6,9,12-14H2,2-3H3. The molecule has 7 heteroatoms. The van der Waals surface area contributed by atoms with Gasteiger partial charge < -0.3 is 18.9 Å². The van der Waals surface area contributed by atoms with Gasteiger partial charge in [-0.3, -0.25) is 4.98 Å². The summed E-state index contributed by atoms with van der Waals surface area (Å²) in [4.78, 5) is 29.5. The zero-order valence-corrected chi connectivity index (χ0v) is 15.7. The van der Waals surface area contributed by atoms with Gasteiger partial charge >= 0.3 is 11.9 Å². The van der Waals surface area contributed by atoms with Crippen LogP contribution in [0.25, 0.3) is 0 Å². The summed E-state index contributed by atoms with van der Waals surface area (Å²) in [6.45, 7) is 4.03. The van der Waals surface area contributed by atoms with E-state index < -0.39 is 23.6 Å². The Balaban J connectivity index is 2.32. The van der Waals surface area contributed by atoms with Gasteiger partial charge in [0.1, 0.15) is 0 Å². The van der Waals surface area contributed by atoms with E-state index in [2.05, 4.69) is 10.9 Å². The van der Waals surface area contributed by atoms with Crippen molar-refractivity contribution in [1.29, 1.82) is 0 Å². The van der Waals surface area contributed by atoms with Crippen LogP contribution >= 0.6 is 0 Å². The first-order valence-corrected chi connectivity index (χ1v) is 9.02. The maximum absolute atomic E-state index is 12.8. The number of pyridine rings is 1. The second-order valence-electron chi connectivity index (χ2n) is 6.08. The molecule has 1 saturated heterocycles. The lowest BCUT2D eigenvalue weighted by Crippen LogP contribution is -2.54. The summed E-state index contributed by atoms with van der Waals surface area (Å²) in [5.74, 6) is 0.940. The molecule has 1 aliphatic rings. The lowest BCUT2D eigenvalue weighted by atomic mass is 9.94. The summed E-state index contributed by atoms with van der Waals surface area (Å²) in [5.41, 5.74) is -1.25. The van der Waals surface area contributed by atoms with E-state index in [-0.39, 0.29) is 32.2 Å². The fourth-order valence-electron chi connectivity index (χ4n) is 2.91. The highest BCUT2D eigenvalue weighted by molar-refractivity contribution is 6.04. The molecule has 0 aromatic carbocycles. The number of hydrogen-bond donors (Lipinski definition) is 0. The minimum atomic E-state index is -1.93. The van der Waals surface area contributed by atoms with Crippen LogP contribution in [0.1, 0.15) is 25.8 Å². The number of carbonyl (C=O) groups is 2. The molecule has 0 N–H and O–H groups in total. The number of esters is 2. The number of nitrogens with zero attached hydrogens (tertiary/aromatic N) is 1. The molecule has 2 atom stereocenters. The second kappa shape index (κ2) is 10.0. The Morgan fingerprint density at radius 2 is 1.89 bits per heavy atom. The fourth-order valence-corrected chi connectivity index (χ4v) is 2.91. The van der Waals surface area contributed by atoms with Gasteiger partial charge in [0.05, 0.1) is 31.8 Å². The molecule has 27 heavy (non-hydrogen) atoms. The molecule has 7 nitrogen and oxygen atoms in total. The minimum Gasteiger partial charge on any atom is -0.463 e. The van der Waals surface area contributed by atoms with Gasteiger partial charge in [-0.15, -0.1) is 12.3 Å². The Kier molecular flexibility index (Phi) is 7.77. The largest absolute Gasteiger partial charge is 0.463 e. The molecule has 2 rings (SSSR count). The van der Waals surface area contributed by atoms with Crippen LogP contribution in [0.4, 0.5) is 0 Å². The number of rotatable bonds is 9. The van der Waals surface area contributed by atoms with Crippen LogP contribution in [-0.4, -0.2) is 55.1 Å². The summed E-state index contributed by atoms with van der Waals surface area (Å²) in [5, 5.41) is 0. The smallest absolute Gasteiger partial charge is 0.350 e. The van der Waals surface area contributed by atoms with Crippen molar-refractivity contribution in [3.05, 3.63) is 30.1 Å². The fraction of sp³-hybridized carbons (Fsp3) is 0.550. The van der Waals surface area contributed by atoms with E-state index >= 15 is 0 Å². The van der Waals surface area contributed by atoms with Gasteiger partial charge in [0.2, 0.25) is 0 Å².